The van der Waals surface area contributed by atoms with Crippen molar-refractivity contribution in [1.29, 1.82) is 0 Å². The molecule has 14 heavy (non-hydrogen) atoms. The van der Waals surface area contributed by atoms with Gasteiger partial charge >= 0.3 is 0 Å². The summed E-state index contributed by atoms with van der Waals surface area (Å²) in [4.78, 5) is 0. The molecule has 0 spiro atoms. The highest BCUT2D eigenvalue weighted by atomic mass is 35.5. The lowest BCUT2D eigenvalue weighted by molar-refractivity contribution is 1.04. The second kappa shape index (κ2) is 3.95. The Morgan fingerprint density at radius 1 is 1.00 bits per heavy atom. The molecule has 2 aromatic rings. The van der Waals surface area contributed by atoms with Gasteiger partial charge in [0.2, 0.25) is 0 Å². The van der Waals surface area contributed by atoms with E-state index < -0.39 is 0 Å². The first-order valence-electron chi connectivity index (χ1n) is 4.00. The molecular weight excluding hydrogens is 219 g/mol. The second-order valence-electron chi connectivity index (χ2n) is 2.77. The Morgan fingerprint density at radius 2 is 1.71 bits per heavy atom. The van der Waals surface area contributed by atoms with E-state index in [2.05, 4.69) is 10.2 Å². The van der Waals surface area contributed by atoms with Crippen LogP contribution in [-0.2, 0) is 0 Å². The van der Waals surface area contributed by atoms with E-state index in [9.17, 15) is 0 Å². The fourth-order valence-corrected chi connectivity index (χ4v) is 1.68. The van der Waals surface area contributed by atoms with Crippen molar-refractivity contribution in [3.8, 4) is 11.3 Å². The molecule has 0 fully saturated rings. The van der Waals surface area contributed by atoms with E-state index >= 15 is 0 Å². The first kappa shape index (κ1) is 9.44. The van der Waals surface area contributed by atoms with Crippen LogP contribution in [0.5, 0.6) is 0 Å². The molecule has 0 aliphatic carbocycles. The molecule has 0 N–H and O–H groups in total. The normalized spacial score (nSPS) is 10.1. The van der Waals surface area contributed by atoms with E-state index in [4.69, 9.17) is 23.2 Å². The van der Waals surface area contributed by atoms with Crippen LogP contribution in [0, 0.1) is 0 Å². The number of halogens is 2. The van der Waals surface area contributed by atoms with Crippen molar-refractivity contribution in [2.24, 2.45) is 0 Å². The standard InChI is InChI=1S/C10H6Cl2N2/c11-8-4-7(5-9(12)6-8)10-2-1-3-13-14-10/h1-6H. The maximum Gasteiger partial charge on any atom is 0.0930 e. The molecular formula is C10H6Cl2N2. The van der Waals surface area contributed by atoms with Gasteiger partial charge in [0.25, 0.3) is 0 Å². The van der Waals surface area contributed by atoms with Crippen LogP contribution in [0.25, 0.3) is 11.3 Å². The van der Waals surface area contributed by atoms with Crippen molar-refractivity contribution in [3.05, 3.63) is 46.6 Å². The topological polar surface area (TPSA) is 25.8 Å². The molecule has 1 heterocycles. The first-order chi connectivity index (χ1) is 6.75. The van der Waals surface area contributed by atoms with Gasteiger partial charge in [0.05, 0.1) is 5.69 Å². The van der Waals surface area contributed by atoms with E-state index in [0.717, 1.165) is 11.3 Å². The molecule has 0 amide bonds. The number of nitrogens with zero attached hydrogens (tertiary/aromatic N) is 2. The highest BCUT2D eigenvalue weighted by Crippen LogP contribution is 2.25. The molecule has 0 unspecified atom stereocenters. The summed E-state index contributed by atoms with van der Waals surface area (Å²) in [6.07, 6.45) is 1.62. The number of hydrogen-bond donors (Lipinski definition) is 0. The smallest absolute Gasteiger partial charge is 0.0930 e. The van der Waals surface area contributed by atoms with Crippen molar-refractivity contribution >= 4 is 23.2 Å². The molecule has 0 saturated carbocycles. The summed E-state index contributed by atoms with van der Waals surface area (Å²) in [5.74, 6) is 0. The van der Waals surface area contributed by atoms with Crippen molar-refractivity contribution in [2.75, 3.05) is 0 Å². The molecule has 1 aromatic carbocycles. The lowest BCUT2D eigenvalue weighted by atomic mass is 10.1. The molecule has 4 heteroatoms. The summed E-state index contributed by atoms with van der Waals surface area (Å²) >= 11 is 11.7. The molecule has 1 aromatic heterocycles. The maximum absolute atomic E-state index is 5.87. The highest BCUT2D eigenvalue weighted by molar-refractivity contribution is 6.35. The number of rotatable bonds is 1. The fourth-order valence-electron chi connectivity index (χ4n) is 1.16. The summed E-state index contributed by atoms with van der Waals surface area (Å²) in [5.41, 5.74) is 1.63. The molecule has 70 valence electrons. The van der Waals surface area contributed by atoms with Gasteiger partial charge in [-0.05, 0) is 30.3 Å². The SMILES string of the molecule is Clc1cc(Cl)cc(-c2cccnn2)c1. The molecule has 0 atom stereocenters. The van der Waals surface area contributed by atoms with Gasteiger partial charge in [-0.15, -0.1) is 0 Å². The van der Waals surface area contributed by atoms with E-state index in [1.165, 1.54) is 0 Å². The Morgan fingerprint density at radius 3 is 2.29 bits per heavy atom. The lowest BCUT2D eigenvalue weighted by Gasteiger charge is -2.00. The molecule has 0 aliphatic rings. The largest absolute Gasteiger partial charge is 0.159 e. The van der Waals surface area contributed by atoms with E-state index in [-0.39, 0.29) is 0 Å². The van der Waals surface area contributed by atoms with Gasteiger partial charge in [0.1, 0.15) is 0 Å². The Bertz CT molecular complexity index is 423. The summed E-state index contributed by atoms with van der Waals surface area (Å²) in [6, 6.07) is 8.96. The Balaban J connectivity index is 2.52. The van der Waals surface area contributed by atoms with E-state index in [0.29, 0.717) is 10.0 Å². The summed E-state index contributed by atoms with van der Waals surface area (Å²) in [6.45, 7) is 0. The summed E-state index contributed by atoms with van der Waals surface area (Å²) < 4.78 is 0. The third-order valence-electron chi connectivity index (χ3n) is 1.73. The van der Waals surface area contributed by atoms with Gasteiger partial charge in [0, 0.05) is 21.8 Å². The maximum atomic E-state index is 5.87. The second-order valence-corrected chi connectivity index (χ2v) is 3.64. The number of aromatic nitrogens is 2. The Hall–Kier alpha value is -1.12. The van der Waals surface area contributed by atoms with E-state index in [1.807, 2.05) is 12.1 Å². The average molecular weight is 225 g/mol. The van der Waals surface area contributed by atoms with Crippen LogP contribution in [0.1, 0.15) is 0 Å². The zero-order chi connectivity index (χ0) is 9.97. The number of hydrogen-bond acceptors (Lipinski definition) is 2. The summed E-state index contributed by atoms with van der Waals surface area (Å²) in [5, 5.41) is 8.94. The third-order valence-corrected chi connectivity index (χ3v) is 2.17. The highest BCUT2D eigenvalue weighted by Gasteiger charge is 2.01. The Labute approximate surface area is 91.5 Å². The van der Waals surface area contributed by atoms with E-state index in [1.54, 1.807) is 24.4 Å². The predicted molar refractivity (Wildman–Crippen MR) is 57.5 cm³/mol. The van der Waals surface area contributed by atoms with Crippen LogP contribution < -0.4 is 0 Å². The molecule has 0 bridgehead atoms. The molecule has 2 nitrogen and oxygen atoms in total. The molecule has 0 radical (unpaired) electrons. The minimum Gasteiger partial charge on any atom is -0.159 e. The minimum absolute atomic E-state index is 0.596. The lowest BCUT2D eigenvalue weighted by Crippen LogP contribution is -1.85. The fraction of sp³-hybridized carbons (Fsp3) is 0. The minimum atomic E-state index is 0.596. The van der Waals surface area contributed by atoms with Crippen LogP contribution in [0.4, 0.5) is 0 Å². The third kappa shape index (κ3) is 2.03. The van der Waals surface area contributed by atoms with Crippen molar-refractivity contribution < 1.29 is 0 Å². The van der Waals surface area contributed by atoms with Gasteiger partial charge in [-0.25, -0.2) is 0 Å². The van der Waals surface area contributed by atoms with Gasteiger partial charge < -0.3 is 0 Å². The van der Waals surface area contributed by atoms with Crippen LogP contribution >= 0.6 is 23.2 Å². The predicted octanol–water partition coefficient (Wildman–Crippen LogP) is 3.45. The van der Waals surface area contributed by atoms with Crippen LogP contribution in [0.15, 0.2) is 36.5 Å². The number of benzene rings is 1. The van der Waals surface area contributed by atoms with Gasteiger partial charge in [-0.1, -0.05) is 23.2 Å². The quantitative estimate of drug-likeness (QED) is 0.742. The Kier molecular flexibility index (Phi) is 2.66. The molecule has 0 aliphatic heterocycles. The zero-order valence-electron chi connectivity index (χ0n) is 7.11. The van der Waals surface area contributed by atoms with Crippen molar-refractivity contribution in [2.45, 2.75) is 0 Å². The van der Waals surface area contributed by atoms with Crippen LogP contribution in [-0.4, -0.2) is 10.2 Å². The van der Waals surface area contributed by atoms with Crippen LogP contribution in [0.3, 0.4) is 0 Å². The molecule has 0 saturated heterocycles. The van der Waals surface area contributed by atoms with Crippen LogP contribution in [0.2, 0.25) is 10.0 Å². The molecule has 2 rings (SSSR count). The summed E-state index contributed by atoms with van der Waals surface area (Å²) in [7, 11) is 0. The zero-order valence-corrected chi connectivity index (χ0v) is 8.63. The van der Waals surface area contributed by atoms with Crippen molar-refractivity contribution in [3.63, 3.8) is 0 Å². The first-order valence-corrected chi connectivity index (χ1v) is 4.75. The van der Waals surface area contributed by atoms with Gasteiger partial charge in [0.15, 0.2) is 0 Å². The monoisotopic (exact) mass is 224 g/mol. The van der Waals surface area contributed by atoms with Gasteiger partial charge in [-0.3, -0.25) is 0 Å². The average Bonchev–Trinajstić information content (AvgIpc) is 2.18. The van der Waals surface area contributed by atoms with Crippen molar-refractivity contribution in [1.82, 2.24) is 10.2 Å². The van der Waals surface area contributed by atoms with Gasteiger partial charge in [-0.2, -0.15) is 10.2 Å².